The predicted octanol–water partition coefficient (Wildman–Crippen LogP) is 5.21. The van der Waals surface area contributed by atoms with E-state index in [1.165, 1.54) is 11.1 Å². The van der Waals surface area contributed by atoms with Crippen molar-refractivity contribution >= 4 is 29.0 Å². The van der Waals surface area contributed by atoms with Gasteiger partial charge in [0.2, 0.25) is 0 Å². The quantitative estimate of drug-likeness (QED) is 0.363. The van der Waals surface area contributed by atoms with Crippen molar-refractivity contribution in [3.05, 3.63) is 64.7 Å². The highest BCUT2D eigenvalue weighted by atomic mass is 32.1. The summed E-state index contributed by atoms with van der Waals surface area (Å²) in [5, 5.41) is 7.03. The number of carbonyl (C=O) groups excluding carboxylic acids is 1. The van der Waals surface area contributed by atoms with Crippen molar-refractivity contribution in [3.8, 4) is 0 Å². The van der Waals surface area contributed by atoms with Gasteiger partial charge in [0.05, 0.1) is 12.2 Å². The minimum Gasteiger partial charge on any atom is -0.462 e. The van der Waals surface area contributed by atoms with Gasteiger partial charge in [-0.3, -0.25) is 0 Å². The van der Waals surface area contributed by atoms with Gasteiger partial charge in [0.1, 0.15) is 0 Å². The Labute approximate surface area is 173 Å². The van der Waals surface area contributed by atoms with Gasteiger partial charge in [0, 0.05) is 12.2 Å². The molecule has 2 rings (SSSR count). The standard InChI is InChI=1S/C23H30N2O2S/c1-5-27-22(26)20-12-13-21(17(4)15-20)25-23(28)24-14-6-7-18-8-10-19(11-9-18)16(2)3/h8-13,15-16H,5-7,14H2,1-4H3,(H2,24,25,28). The molecule has 0 spiro atoms. The normalized spacial score (nSPS) is 10.6. The van der Waals surface area contributed by atoms with Crippen molar-refractivity contribution in [2.45, 2.75) is 46.5 Å². The molecule has 4 nitrogen and oxygen atoms in total. The largest absolute Gasteiger partial charge is 0.462 e. The van der Waals surface area contributed by atoms with E-state index in [9.17, 15) is 4.79 Å². The van der Waals surface area contributed by atoms with Crippen LogP contribution in [0.1, 0.15) is 60.2 Å². The Morgan fingerprint density at radius 3 is 2.46 bits per heavy atom. The lowest BCUT2D eigenvalue weighted by Gasteiger charge is -2.13. The number of nitrogens with one attached hydrogen (secondary N) is 2. The van der Waals surface area contributed by atoms with Crippen molar-refractivity contribution in [2.75, 3.05) is 18.5 Å². The lowest BCUT2D eigenvalue weighted by molar-refractivity contribution is 0.0526. The summed E-state index contributed by atoms with van der Waals surface area (Å²) in [7, 11) is 0. The molecule has 0 aliphatic heterocycles. The highest BCUT2D eigenvalue weighted by Gasteiger charge is 2.09. The molecule has 0 atom stereocenters. The number of hydrogen-bond acceptors (Lipinski definition) is 3. The van der Waals surface area contributed by atoms with Crippen LogP contribution in [-0.2, 0) is 11.2 Å². The molecule has 0 heterocycles. The maximum atomic E-state index is 11.8. The van der Waals surface area contributed by atoms with Crippen molar-refractivity contribution in [1.29, 1.82) is 0 Å². The minimum atomic E-state index is -0.306. The summed E-state index contributed by atoms with van der Waals surface area (Å²) in [4.78, 5) is 11.8. The van der Waals surface area contributed by atoms with Gasteiger partial charge in [-0.1, -0.05) is 38.1 Å². The molecular formula is C23H30N2O2S. The lowest BCUT2D eigenvalue weighted by atomic mass is 10.0. The number of carbonyl (C=O) groups is 1. The SMILES string of the molecule is CCOC(=O)c1ccc(NC(=S)NCCCc2ccc(C(C)C)cc2)c(C)c1. The molecular weight excluding hydrogens is 368 g/mol. The van der Waals surface area contributed by atoms with Crippen molar-refractivity contribution in [2.24, 2.45) is 0 Å². The van der Waals surface area contributed by atoms with Crippen LogP contribution >= 0.6 is 12.2 Å². The molecule has 28 heavy (non-hydrogen) atoms. The summed E-state index contributed by atoms with van der Waals surface area (Å²) in [5.41, 5.74) is 5.09. The zero-order valence-electron chi connectivity index (χ0n) is 17.2. The van der Waals surface area contributed by atoms with Crippen LogP contribution in [0, 0.1) is 6.92 Å². The third-order valence-electron chi connectivity index (χ3n) is 4.56. The highest BCUT2D eigenvalue weighted by Crippen LogP contribution is 2.17. The number of thiocarbonyl (C=S) groups is 1. The molecule has 0 amide bonds. The van der Waals surface area contributed by atoms with E-state index in [4.69, 9.17) is 17.0 Å². The van der Waals surface area contributed by atoms with Crippen molar-refractivity contribution in [1.82, 2.24) is 5.32 Å². The van der Waals surface area contributed by atoms with E-state index in [1.807, 2.05) is 19.1 Å². The molecule has 5 heteroatoms. The first-order valence-corrected chi connectivity index (χ1v) is 10.2. The van der Waals surface area contributed by atoms with Crippen LogP contribution in [0.3, 0.4) is 0 Å². The van der Waals surface area contributed by atoms with Crippen LogP contribution in [0.2, 0.25) is 0 Å². The Morgan fingerprint density at radius 1 is 1.14 bits per heavy atom. The summed E-state index contributed by atoms with van der Waals surface area (Å²) in [6, 6.07) is 14.2. The highest BCUT2D eigenvalue weighted by molar-refractivity contribution is 7.80. The maximum absolute atomic E-state index is 11.8. The van der Waals surface area contributed by atoms with Gasteiger partial charge >= 0.3 is 5.97 Å². The van der Waals surface area contributed by atoms with Gasteiger partial charge in [-0.25, -0.2) is 4.79 Å². The van der Waals surface area contributed by atoms with E-state index in [-0.39, 0.29) is 5.97 Å². The molecule has 0 radical (unpaired) electrons. The average molecular weight is 399 g/mol. The molecule has 0 aliphatic carbocycles. The lowest BCUT2D eigenvalue weighted by Crippen LogP contribution is -2.29. The topological polar surface area (TPSA) is 50.4 Å². The van der Waals surface area contributed by atoms with Gasteiger partial charge in [-0.05, 0) is 79.7 Å². The summed E-state index contributed by atoms with van der Waals surface area (Å²) < 4.78 is 5.03. The fourth-order valence-electron chi connectivity index (χ4n) is 2.88. The first-order chi connectivity index (χ1) is 13.4. The average Bonchev–Trinajstić information content (AvgIpc) is 2.67. The second-order valence-corrected chi connectivity index (χ2v) is 7.54. The Morgan fingerprint density at radius 2 is 1.86 bits per heavy atom. The van der Waals surface area contributed by atoms with Gasteiger partial charge in [-0.2, -0.15) is 0 Å². The Kier molecular flexibility index (Phi) is 8.45. The van der Waals surface area contributed by atoms with Crippen LogP contribution in [0.5, 0.6) is 0 Å². The number of benzene rings is 2. The van der Waals surface area contributed by atoms with E-state index in [0.29, 0.717) is 23.2 Å². The molecule has 0 unspecified atom stereocenters. The fourth-order valence-corrected chi connectivity index (χ4v) is 3.09. The molecule has 0 aromatic heterocycles. The second kappa shape index (κ2) is 10.8. The van der Waals surface area contributed by atoms with E-state index in [1.54, 1.807) is 13.0 Å². The summed E-state index contributed by atoms with van der Waals surface area (Å²) in [5.74, 6) is 0.258. The number of esters is 1. The van der Waals surface area contributed by atoms with Crippen molar-refractivity contribution in [3.63, 3.8) is 0 Å². The molecule has 150 valence electrons. The molecule has 0 fully saturated rings. The summed E-state index contributed by atoms with van der Waals surface area (Å²) in [6.45, 7) is 9.32. The maximum Gasteiger partial charge on any atom is 0.338 e. The zero-order chi connectivity index (χ0) is 20.5. The van der Waals surface area contributed by atoms with Crippen LogP contribution in [0.25, 0.3) is 0 Å². The Bertz CT molecular complexity index is 801. The van der Waals surface area contributed by atoms with Crippen LogP contribution in [0.4, 0.5) is 5.69 Å². The minimum absolute atomic E-state index is 0.306. The number of anilines is 1. The van der Waals surface area contributed by atoms with Gasteiger partial charge in [0.25, 0.3) is 0 Å². The van der Waals surface area contributed by atoms with E-state index < -0.39 is 0 Å². The third kappa shape index (κ3) is 6.64. The third-order valence-corrected chi connectivity index (χ3v) is 4.81. The van der Waals surface area contributed by atoms with Gasteiger partial charge < -0.3 is 15.4 Å². The Hall–Kier alpha value is -2.40. The van der Waals surface area contributed by atoms with Crippen LogP contribution < -0.4 is 10.6 Å². The molecule has 0 bridgehead atoms. The molecule has 0 saturated carbocycles. The second-order valence-electron chi connectivity index (χ2n) is 7.13. The Balaban J connectivity index is 1.77. The van der Waals surface area contributed by atoms with Crippen LogP contribution in [-0.4, -0.2) is 24.2 Å². The number of hydrogen-bond donors (Lipinski definition) is 2. The predicted molar refractivity (Wildman–Crippen MR) is 120 cm³/mol. The summed E-state index contributed by atoms with van der Waals surface area (Å²) in [6.07, 6.45) is 2.02. The number of rotatable bonds is 8. The van der Waals surface area contributed by atoms with Crippen molar-refractivity contribution < 1.29 is 9.53 Å². The molecule has 2 aromatic rings. The number of ether oxygens (including phenoxy) is 1. The molecule has 2 aromatic carbocycles. The number of aryl methyl sites for hydroxylation is 2. The van der Waals surface area contributed by atoms with Crippen LogP contribution in [0.15, 0.2) is 42.5 Å². The van der Waals surface area contributed by atoms with E-state index >= 15 is 0 Å². The van der Waals surface area contributed by atoms with Gasteiger partial charge in [0.15, 0.2) is 5.11 Å². The smallest absolute Gasteiger partial charge is 0.338 e. The fraction of sp³-hybridized carbons (Fsp3) is 0.391. The zero-order valence-corrected chi connectivity index (χ0v) is 18.0. The molecule has 0 aliphatic rings. The van der Waals surface area contributed by atoms with E-state index in [2.05, 4.69) is 48.7 Å². The van der Waals surface area contributed by atoms with E-state index in [0.717, 1.165) is 30.6 Å². The molecule has 0 saturated heterocycles. The molecule has 2 N–H and O–H groups in total. The van der Waals surface area contributed by atoms with Gasteiger partial charge in [-0.15, -0.1) is 0 Å². The summed E-state index contributed by atoms with van der Waals surface area (Å²) >= 11 is 5.38. The first-order valence-electron chi connectivity index (χ1n) is 9.82. The monoisotopic (exact) mass is 398 g/mol. The first kappa shape index (κ1) is 21.9.